The molecule has 0 N–H and O–H groups in total. The highest BCUT2D eigenvalue weighted by molar-refractivity contribution is 5.31. The topological polar surface area (TPSA) is 3.01 Å². The summed E-state index contributed by atoms with van der Waals surface area (Å²) in [5, 5.41) is 0. The van der Waals surface area contributed by atoms with E-state index in [0.717, 1.165) is 0 Å². The molecule has 1 aliphatic rings. The average molecular weight is 231 g/mol. The van der Waals surface area contributed by atoms with Gasteiger partial charge in [-0.1, -0.05) is 58.4 Å². The molecule has 1 aromatic rings. The molecular formula is C16H25N. The van der Waals surface area contributed by atoms with Gasteiger partial charge in [0, 0.05) is 12.6 Å². The predicted molar refractivity (Wildman–Crippen MR) is 74.4 cm³/mol. The normalized spacial score (nSPS) is 23.8. The molecule has 1 aromatic carbocycles. The molecule has 0 aliphatic carbocycles. The molecule has 0 radical (unpaired) electrons. The minimum absolute atomic E-state index is 0.268. The van der Waals surface area contributed by atoms with E-state index in [1.165, 1.54) is 37.1 Å². The third-order valence-corrected chi connectivity index (χ3v) is 3.67. The van der Waals surface area contributed by atoms with Crippen molar-refractivity contribution in [3.05, 3.63) is 35.4 Å². The van der Waals surface area contributed by atoms with Gasteiger partial charge in [-0.3, -0.25) is 4.90 Å². The summed E-state index contributed by atoms with van der Waals surface area (Å²) < 4.78 is 0. The first-order chi connectivity index (χ1) is 8.02. The maximum absolute atomic E-state index is 2.57. The number of nitrogens with zero attached hydrogens (tertiary/aromatic N) is 1. The van der Waals surface area contributed by atoms with Gasteiger partial charge >= 0.3 is 0 Å². The van der Waals surface area contributed by atoms with Crippen molar-refractivity contribution in [3.8, 4) is 0 Å². The Morgan fingerprint density at radius 3 is 2.35 bits per heavy atom. The zero-order valence-corrected chi connectivity index (χ0v) is 11.7. The molecule has 0 spiro atoms. The van der Waals surface area contributed by atoms with Crippen LogP contribution < -0.4 is 0 Å². The van der Waals surface area contributed by atoms with Gasteiger partial charge in [-0.25, -0.2) is 0 Å². The lowest BCUT2D eigenvalue weighted by Gasteiger charge is -2.19. The lowest BCUT2D eigenvalue weighted by Crippen LogP contribution is -2.10. The van der Waals surface area contributed by atoms with Crippen molar-refractivity contribution in [2.45, 2.75) is 52.0 Å². The smallest absolute Gasteiger partial charge is 0.0476 e. The average Bonchev–Trinajstić information content (AvgIpc) is 3.05. The predicted octanol–water partition coefficient (Wildman–Crippen LogP) is 4.14. The summed E-state index contributed by atoms with van der Waals surface area (Å²) in [5.41, 5.74) is 3.19. The second-order valence-corrected chi connectivity index (χ2v) is 6.24. The molecule has 1 nitrogen and oxygen atoms in total. The number of hydrogen-bond acceptors (Lipinski definition) is 1. The monoisotopic (exact) mass is 231 g/mol. The van der Waals surface area contributed by atoms with E-state index in [2.05, 4.69) is 56.9 Å². The number of unbranched alkanes of at least 4 members (excludes halogenated alkanes) is 1. The van der Waals surface area contributed by atoms with Gasteiger partial charge in [0.15, 0.2) is 0 Å². The van der Waals surface area contributed by atoms with Crippen molar-refractivity contribution in [2.75, 3.05) is 13.1 Å². The second kappa shape index (κ2) is 4.81. The van der Waals surface area contributed by atoms with Gasteiger partial charge in [0.2, 0.25) is 0 Å². The molecule has 2 rings (SSSR count). The standard InChI is InChI=1S/C16H25N/c1-5-6-11-17-12-15(17)13-7-9-14(10-8-13)16(2,3)4/h7-10,15H,5-6,11-12H2,1-4H3. The van der Waals surface area contributed by atoms with Crippen LogP contribution >= 0.6 is 0 Å². The molecule has 0 bridgehead atoms. The summed E-state index contributed by atoms with van der Waals surface area (Å²) in [4.78, 5) is 2.57. The molecule has 1 heteroatoms. The number of hydrogen-bond donors (Lipinski definition) is 0. The molecule has 1 heterocycles. The van der Waals surface area contributed by atoms with Crippen LogP contribution in [0, 0.1) is 0 Å². The highest BCUT2D eigenvalue weighted by Crippen LogP contribution is 2.35. The van der Waals surface area contributed by atoms with E-state index in [-0.39, 0.29) is 5.41 Å². The van der Waals surface area contributed by atoms with Crippen LogP contribution in [0.25, 0.3) is 0 Å². The molecule has 1 fully saturated rings. The molecule has 1 saturated heterocycles. The maximum atomic E-state index is 2.57. The summed E-state index contributed by atoms with van der Waals surface area (Å²) in [6.45, 7) is 11.6. The largest absolute Gasteiger partial charge is 0.293 e. The fourth-order valence-electron chi connectivity index (χ4n) is 2.30. The van der Waals surface area contributed by atoms with Gasteiger partial charge in [0.05, 0.1) is 0 Å². The van der Waals surface area contributed by atoms with Crippen molar-refractivity contribution in [2.24, 2.45) is 0 Å². The Labute approximate surface area is 106 Å². The van der Waals surface area contributed by atoms with E-state index < -0.39 is 0 Å². The third-order valence-electron chi connectivity index (χ3n) is 3.67. The summed E-state index contributed by atoms with van der Waals surface area (Å²) in [7, 11) is 0. The first-order valence-corrected chi connectivity index (χ1v) is 6.87. The van der Waals surface area contributed by atoms with Crippen LogP contribution in [0.1, 0.15) is 57.7 Å². The van der Waals surface area contributed by atoms with Gasteiger partial charge in [0.25, 0.3) is 0 Å². The Bertz CT molecular complexity index is 358. The number of rotatable bonds is 4. The summed E-state index contributed by atoms with van der Waals surface area (Å²) in [6, 6.07) is 9.93. The van der Waals surface area contributed by atoms with Gasteiger partial charge in [-0.15, -0.1) is 0 Å². The van der Waals surface area contributed by atoms with E-state index >= 15 is 0 Å². The molecule has 2 atom stereocenters. The lowest BCUT2D eigenvalue weighted by atomic mass is 9.86. The van der Waals surface area contributed by atoms with E-state index in [0.29, 0.717) is 6.04 Å². The second-order valence-electron chi connectivity index (χ2n) is 6.24. The zero-order valence-electron chi connectivity index (χ0n) is 11.7. The van der Waals surface area contributed by atoms with Gasteiger partial charge < -0.3 is 0 Å². The molecule has 0 saturated carbocycles. The highest BCUT2D eigenvalue weighted by Gasteiger charge is 2.34. The molecule has 94 valence electrons. The van der Waals surface area contributed by atoms with Crippen molar-refractivity contribution >= 4 is 0 Å². The van der Waals surface area contributed by atoms with Crippen LogP contribution in [0.2, 0.25) is 0 Å². The molecule has 0 amide bonds. The zero-order chi connectivity index (χ0) is 12.5. The molecular weight excluding hydrogens is 206 g/mol. The van der Waals surface area contributed by atoms with E-state index in [1.54, 1.807) is 0 Å². The first-order valence-electron chi connectivity index (χ1n) is 6.87. The Hall–Kier alpha value is -0.820. The fraction of sp³-hybridized carbons (Fsp3) is 0.625. The van der Waals surface area contributed by atoms with Crippen molar-refractivity contribution in [3.63, 3.8) is 0 Å². The quantitative estimate of drug-likeness (QED) is 0.704. The van der Waals surface area contributed by atoms with Gasteiger partial charge in [-0.05, 0) is 29.5 Å². The summed E-state index contributed by atoms with van der Waals surface area (Å²) in [5.74, 6) is 0. The van der Waals surface area contributed by atoms with Gasteiger partial charge in [0.1, 0.15) is 0 Å². The van der Waals surface area contributed by atoms with Crippen LogP contribution in [-0.4, -0.2) is 18.0 Å². The van der Waals surface area contributed by atoms with Crippen LogP contribution in [0.5, 0.6) is 0 Å². The van der Waals surface area contributed by atoms with Crippen molar-refractivity contribution in [1.29, 1.82) is 0 Å². The molecule has 17 heavy (non-hydrogen) atoms. The minimum Gasteiger partial charge on any atom is -0.293 e. The molecule has 2 unspecified atom stereocenters. The third kappa shape index (κ3) is 3.10. The molecule has 0 aromatic heterocycles. The lowest BCUT2D eigenvalue weighted by molar-refractivity contribution is 0.491. The van der Waals surface area contributed by atoms with Crippen LogP contribution in [0.4, 0.5) is 0 Å². The van der Waals surface area contributed by atoms with E-state index in [1.807, 2.05) is 0 Å². The Kier molecular flexibility index (Phi) is 3.58. The maximum Gasteiger partial charge on any atom is 0.0476 e. The number of benzene rings is 1. The first kappa shape index (κ1) is 12.6. The van der Waals surface area contributed by atoms with Crippen LogP contribution in [-0.2, 0) is 5.41 Å². The van der Waals surface area contributed by atoms with Crippen LogP contribution in [0.15, 0.2) is 24.3 Å². The van der Waals surface area contributed by atoms with Crippen molar-refractivity contribution < 1.29 is 0 Å². The Morgan fingerprint density at radius 1 is 1.18 bits per heavy atom. The van der Waals surface area contributed by atoms with E-state index in [4.69, 9.17) is 0 Å². The van der Waals surface area contributed by atoms with E-state index in [9.17, 15) is 0 Å². The summed E-state index contributed by atoms with van der Waals surface area (Å²) in [6.07, 6.45) is 2.63. The Morgan fingerprint density at radius 2 is 1.82 bits per heavy atom. The minimum atomic E-state index is 0.268. The Balaban J connectivity index is 1.96. The van der Waals surface area contributed by atoms with Crippen LogP contribution in [0.3, 0.4) is 0 Å². The summed E-state index contributed by atoms with van der Waals surface area (Å²) >= 11 is 0. The van der Waals surface area contributed by atoms with Gasteiger partial charge in [-0.2, -0.15) is 0 Å². The SMILES string of the molecule is CCCCN1CC1c1ccc(C(C)(C)C)cc1. The van der Waals surface area contributed by atoms with Crippen molar-refractivity contribution in [1.82, 2.24) is 4.90 Å². The highest BCUT2D eigenvalue weighted by atomic mass is 15.3. The molecule has 1 aliphatic heterocycles. The fourth-order valence-corrected chi connectivity index (χ4v) is 2.30.